The van der Waals surface area contributed by atoms with Gasteiger partial charge >= 0.3 is 5.97 Å². The number of hydrogen-bond donors (Lipinski definition) is 2. The molecule has 0 radical (unpaired) electrons. The highest BCUT2D eigenvalue weighted by atomic mass is 32.2. The number of amides is 1. The fraction of sp³-hybridized carbons (Fsp3) is 0.125. The van der Waals surface area contributed by atoms with E-state index in [1.807, 2.05) is 91.0 Å². The summed E-state index contributed by atoms with van der Waals surface area (Å²) in [5.74, 6) is -3.36. The minimum Gasteiger partial charge on any atom is -0.479 e. The van der Waals surface area contributed by atoms with E-state index < -0.39 is 63.9 Å². The van der Waals surface area contributed by atoms with E-state index in [1.165, 1.54) is 40.8 Å². The van der Waals surface area contributed by atoms with Crippen LogP contribution >= 0.6 is 0 Å². The normalized spacial score (nSPS) is 18.9. The van der Waals surface area contributed by atoms with Crippen molar-refractivity contribution < 1.29 is 33.0 Å². The molecule has 5 aromatic carbocycles. The summed E-state index contributed by atoms with van der Waals surface area (Å²) in [6.07, 6.45) is -0.610. The molecule has 53 heavy (non-hydrogen) atoms. The molecule has 2 unspecified atom stereocenters. The Morgan fingerprint density at radius 1 is 0.811 bits per heavy atom. The summed E-state index contributed by atoms with van der Waals surface area (Å²) in [6.45, 7) is -1.14. The van der Waals surface area contributed by atoms with Crippen LogP contribution < -0.4 is 5.32 Å². The number of nitro groups is 1. The van der Waals surface area contributed by atoms with E-state index in [4.69, 9.17) is 0 Å². The van der Waals surface area contributed by atoms with E-state index >= 15 is 4.39 Å². The minimum absolute atomic E-state index is 0.000555. The number of fused-ring (bicyclic) bond motifs is 1. The molecule has 2 N–H and O–H groups in total. The molecule has 0 saturated carbocycles. The summed E-state index contributed by atoms with van der Waals surface area (Å²) >= 11 is 0. The molecule has 3 atom stereocenters. The van der Waals surface area contributed by atoms with Crippen LogP contribution in [-0.4, -0.2) is 59.5 Å². The average molecular weight is 731 g/mol. The number of benzene rings is 5. The molecule has 5 aromatic rings. The second kappa shape index (κ2) is 13.9. The predicted molar refractivity (Wildman–Crippen MR) is 193 cm³/mol. The first-order chi connectivity index (χ1) is 25.6. The lowest BCUT2D eigenvalue weighted by Gasteiger charge is -2.47. The molecule has 2 aliphatic heterocycles. The van der Waals surface area contributed by atoms with Crippen LogP contribution in [-0.2, 0) is 21.3 Å². The Morgan fingerprint density at radius 2 is 1.30 bits per heavy atom. The number of hydrogen-bond acceptors (Lipinski definition) is 7. The highest BCUT2D eigenvalue weighted by molar-refractivity contribution is 7.82. The van der Waals surface area contributed by atoms with Crippen LogP contribution in [0.3, 0.4) is 0 Å². The predicted octanol–water partition coefficient (Wildman–Crippen LogP) is 6.20. The number of carbonyl (C=O) groups excluding carboxylic acids is 2. The van der Waals surface area contributed by atoms with Gasteiger partial charge in [0.15, 0.2) is 11.0 Å². The van der Waals surface area contributed by atoms with E-state index in [-0.39, 0.29) is 27.4 Å². The zero-order valence-electron chi connectivity index (χ0n) is 27.9. The average Bonchev–Trinajstić information content (AvgIpc) is 3.55. The van der Waals surface area contributed by atoms with Crippen LogP contribution in [0.4, 0.5) is 10.1 Å². The number of carboxylic acid groups (broad SMARTS) is 1. The molecule has 0 spiro atoms. The number of carbonyl (C=O) groups is 3. The Morgan fingerprint density at radius 3 is 1.77 bits per heavy atom. The fourth-order valence-electron chi connectivity index (χ4n) is 7.24. The molecule has 0 fully saturated rings. The maximum absolute atomic E-state index is 16.1. The second-order valence-electron chi connectivity index (χ2n) is 12.5. The molecule has 0 saturated heterocycles. The van der Waals surface area contributed by atoms with Gasteiger partial charge < -0.3 is 15.3 Å². The monoisotopic (exact) mass is 730 g/mol. The quantitative estimate of drug-likeness (QED) is 0.0706. The van der Waals surface area contributed by atoms with Gasteiger partial charge in [0.2, 0.25) is 11.3 Å². The third kappa shape index (κ3) is 5.75. The van der Waals surface area contributed by atoms with Crippen LogP contribution in [0.1, 0.15) is 43.8 Å². The number of aliphatic carboxylic acids is 1. The van der Waals surface area contributed by atoms with Gasteiger partial charge in [0.25, 0.3) is 11.6 Å². The van der Waals surface area contributed by atoms with Gasteiger partial charge in [-0.1, -0.05) is 109 Å². The summed E-state index contributed by atoms with van der Waals surface area (Å²) in [5.41, 5.74) is -2.22. The van der Waals surface area contributed by atoms with Gasteiger partial charge in [0, 0.05) is 36.0 Å². The molecule has 13 heteroatoms. The zero-order chi connectivity index (χ0) is 37.3. The van der Waals surface area contributed by atoms with Crippen molar-refractivity contribution in [3.8, 4) is 0 Å². The van der Waals surface area contributed by atoms with E-state index in [0.29, 0.717) is 16.7 Å². The third-order valence-corrected chi connectivity index (χ3v) is 11.1. The van der Waals surface area contributed by atoms with Gasteiger partial charge in [-0.15, -0.1) is 0 Å². The minimum atomic E-state index is -2.57. The first kappa shape index (κ1) is 35.0. The van der Waals surface area contributed by atoms with Gasteiger partial charge in [-0.25, -0.2) is 13.4 Å². The summed E-state index contributed by atoms with van der Waals surface area (Å²) < 4.78 is 32.0. The molecule has 0 aliphatic carbocycles. The number of halogens is 1. The van der Waals surface area contributed by atoms with Crippen LogP contribution in [0.15, 0.2) is 156 Å². The molecule has 2 heterocycles. The number of non-ortho nitro benzene ring substituents is 1. The van der Waals surface area contributed by atoms with Gasteiger partial charge in [-0.05, 0) is 34.9 Å². The second-order valence-corrected chi connectivity index (χ2v) is 13.9. The van der Waals surface area contributed by atoms with Gasteiger partial charge in [0.05, 0.1) is 15.4 Å². The number of nitrogens with zero attached hydrogens (tertiary/aromatic N) is 3. The largest absolute Gasteiger partial charge is 0.479 e. The molecule has 0 aromatic heterocycles. The smallest absolute Gasteiger partial charge is 0.338 e. The Balaban J connectivity index is 1.49. The zero-order valence-corrected chi connectivity index (χ0v) is 28.7. The van der Waals surface area contributed by atoms with E-state index in [9.17, 15) is 33.8 Å². The summed E-state index contributed by atoms with van der Waals surface area (Å²) in [5, 5.41) is 24.6. The third-order valence-electron chi connectivity index (χ3n) is 9.63. The Kier molecular flexibility index (Phi) is 9.18. The van der Waals surface area contributed by atoms with Crippen LogP contribution in [0, 0.1) is 10.1 Å². The van der Waals surface area contributed by atoms with Crippen LogP contribution in [0.25, 0.3) is 0 Å². The van der Waals surface area contributed by atoms with Crippen molar-refractivity contribution in [1.82, 2.24) is 14.5 Å². The van der Waals surface area contributed by atoms with Crippen molar-refractivity contribution in [3.05, 3.63) is 189 Å². The van der Waals surface area contributed by atoms with Gasteiger partial charge in [-0.2, -0.15) is 0 Å². The van der Waals surface area contributed by atoms with E-state index in [0.717, 1.165) is 12.1 Å². The lowest BCUT2D eigenvalue weighted by atomic mass is 9.75. The maximum Gasteiger partial charge on any atom is 0.338 e. The van der Waals surface area contributed by atoms with Gasteiger partial charge in [0.1, 0.15) is 18.4 Å². The number of ketones is 1. The Hall–Kier alpha value is -6.47. The van der Waals surface area contributed by atoms with Crippen molar-refractivity contribution in [1.29, 1.82) is 0 Å². The lowest BCUT2D eigenvalue weighted by molar-refractivity contribution is -0.384. The van der Waals surface area contributed by atoms with E-state index in [2.05, 4.69) is 5.32 Å². The Bertz CT molecular complexity index is 2180. The highest BCUT2D eigenvalue weighted by Crippen LogP contribution is 2.49. The highest BCUT2D eigenvalue weighted by Gasteiger charge is 2.56. The molecule has 7 rings (SSSR count). The standard InChI is InChI=1S/C40H31FN4O7S/c41-25-35-43(40(27-12-4-1-5-13-27,28-14-6-2-7-15-28)29-16-8-3-9-17-29)26-31(44(35)53(52)32-22-20-30(21-23-32)45(50)51)24-39(38(48)49)36(46)33-18-10-11-19-34(33)37(47)42-39/h1-23,26,35H,24-25H2,(H,42,47)(H,48,49)/t35?,39-,53?/m1/s1. The summed E-state index contributed by atoms with van der Waals surface area (Å²) in [7, 11) is -2.32. The van der Waals surface area contributed by atoms with Crippen molar-refractivity contribution in [2.75, 3.05) is 6.67 Å². The number of carboxylic acids is 1. The van der Waals surface area contributed by atoms with Crippen LogP contribution in [0.5, 0.6) is 0 Å². The number of alkyl halides is 1. The summed E-state index contributed by atoms with van der Waals surface area (Å²) in [6, 6.07) is 38.5. The molecular weight excluding hydrogens is 700 g/mol. The molecule has 1 amide bonds. The molecule has 11 nitrogen and oxygen atoms in total. The van der Waals surface area contributed by atoms with Crippen LogP contribution in [0.2, 0.25) is 0 Å². The first-order valence-electron chi connectivity index (χ1n) is 16.5. The fourth-order valence-corrected chi connectivity index (χ4v) is 8.54. The Labute approximate surface area is 305 Å². The van der Waals surface area contributed by atoms with Crippen molar-refractivity contribution in [2.45, 2.75) is 28.6 Å². The van der Waals surface area contributed by atoms with Crippen molar-refractivity contribution in [2.24, 2.45) is 0 Å². The molecule has 0 bridgehead atoms. The van der Waals surface area contributed by atoms with Gasteiger partial charge in [-0.3, -0.25) is 24.0 Å². The molecule has 266 valence electrons. The molecule has 2 aliphatic rings. The number of nitro benzene ring substituents is 1. The number of rotatable bonds is 11. The summed E-state index contributed by atoms with van der Waals surface area (Å²) in [4.78, 5) is 53.4. The lowest BCUT2D eigenvalue weighted by Crippen LogP contribution is -2.63. The van der Waals surface area contributed by atoms with E-state index in [1.54, 1.807) is 11.0 Å². The molecular formula is C40H31FN4O7S. The number of nitrogens with one attached hydrogen (secondary N) is 1. The van der Waals surface area contributed by atoms with Crippen molar-refractivity contribution >= 4 is 34.3 Å². The number of Topliss-reactive ketones (excluding diaryl/α,β-unsaturated/α-hetero) is 1. The SMILES string of the molecule is O=C1N[C@@](CC2=CN(C(c3ccccc3)(c3ccccc3)c3ccccc3)C(CF)N2S(=O)c2ccc([N+](=O)[O-])cc2)(C(=O)O)C(=O)c2ccccc21. The maximum atomic E-state index is 16.1. The topological polar surface area (TPSA) is 150 Å². The first-order valence-corrected chi connectivity index (χ1v) is 17.6. The van der Waals surface area contributed by atoms with Crippen molar-refractivity contribution in [3.63, 3.8) is 0 Å².